The molecule has 6 nitrogen and oxygen atoms in total. The first-order chi connectivity index (χ1) is 33.0. The van der Waals surface area contributed by atoms with Gasteiger partial charge in [0.1, 0.15) is 13.2 Å². The van der Waals surface area contributed by atoms with Crippen LogP contribution in [0.1, 0.15) is 303 Å². The minimum atomic E-state index is -0.774. The van der Waals surface area contributed by atoms with Crippen LogP contribution in [0.2, 0.25) is 0 Å². The molecule has 0 N–H and O–H groups in total. The van der Waals surface area contributed by atoms with Crippen LogP contribution in [0.25, 0.3) is 0 Å². The van der Waals surface area contributed by atoms with Crippen molar-refractivity contribution in [3.63, 3.8) is 0 Å². The van der Waals surface area contributed by atoms with Crippen molar-refractivity contribution in [2.45, 2.75) is 309 Å². The summed E-state index contributed by atoms with van der Waals surface area (Å²) in [7, 11) is 0. The maximum Gasteiger partial charge on any atom is 0.306 e. The number of unbranched alkanes of at least 4 members (excludes halogenated alkanes) is 34. The van der Waals surface area contributed by atoms with E-state index < -0.39 is 6.10 Å². The zero-order chi connectivity index (χ0) is 48.6. The van der Waals surface area contributed by atoms with Gasteiger partial charge in [-0.25, -0.2) is 0 Å². The van der Waals surface area contributed by atoms with Crippen molar-refractivity contribution in [3.8, 4) is 0 Å². The smallest absolute Gasteiger partial charge is 0.306 e. The monoisotopic (exact) mass is 939 g/mol. The first kappa shape index (κ1) is 64.4. The molecular weight excluding hydrogens is 829 g/mol. The predicted octanol–water partition coefficient (Wildman–Crippen LogP) is 19.4. The summed E-state index contributed by atoms with van der Waals surface area (Å²) in [6.45, 7) is 6.54. The largest absolute Gasteiger partial charge is 0.462 e. The molecule has 67 heavy (non-hydrogen) atoms. The molecule has 0 aliphatic rings. The van der Waals surface area contributed by atoms with Crippen LogP contribution in [0.3, 0.4) is 0 Å². The lowest BCUT2D eigenvalue weighted by Crippen LogP contribution is -2.30. The molecule has 0 amide bonds. The summed E-state index contributed by atoms with van der Waals surface area (Å²) in [4.78, 5) is 37.8. The SMILES string of the molecule is CCCC/C=C\C/C=C\CCCCCCCC(=O)OC(COC(=O)CCCCCCCC)COC(=O)CCCCCCCCCCCCCCCCCCC/C=C\C/C=C\CCCCCCC. The number of hydrogen-bond donors (Lipinski definition) is 0. The van der Waals surface area contributed by atoms with Crippen LogP contribution < -0.4 is 0 Å². The number of allylic oxidation sites excluding steroid dienone is 8. The van der Waals surface area contributed by atoms with E-state index in [1.54, 1.807) is 0 Å². The molecule has 1 atom stereocenters. The number of rotatable bonds is 53. The molecule has 0 heterocycles. The van der Waals surface area contributed by atoms with Crippen molar-refractivity contribution in [1.29, 1.82) is 0 Å². The Balaban J connectivity index is 4.01. The first-order valence-electron chi connectivity index (χ1n) is 29.1. The molecule has 0 rings (SSSR count). The van der Waals surface area contributed by atoms with E-state index in [1.165, 1.54) is 173 Å². The highest BCUT2D eigenvalue weighted by Gasteiger charge is 2.19. The van der Waals surface area contributed by atoms with Gasteiger partial charge in [-0.1, -0.05) is 256 Å². The quantitative estimate of drug-likeness (QED) is 0.0262. The Morgan fingerprint density at radius 1 is 0.299 bits per heavy atom. The Morgan fingerprint density at radius 3 is 0.866 bits per heavy atom. The third-order valence-electron chi connectivity index (χ3n) is 12.8. The molecular formula is C61H110O6. The number of esters is 3. The predicted molar refractivity (Wildman–Crippen MR) is 289 cm³/mol. The number of carbonyl (C=O) groups excluding carboxylic acids is 3. The standard InChI is InChI=1S/C61H110O6/c1-4-7-10-13-16-18-20-22-24-25-26-27-28-29-30-31-32-33-34-35-36-37-38-40-41-43-45-48-51-54-60(63)66-57-58(56-65-59(62)53-50-47-15-12-9-6-3)67-61(64)55-52-49-46-44-42-39-23-21-19-17-14-11-8-5-2/h14,17,20-23,25-26,58H,4-13,15-16,18-19,24,27-57H2,1-3H3/b17-14-,22-20-,23-21-,26-25-. The van der Waals surface area contributed by atoms with Gasteiger partial charge in [-0.3, -0.25) is 14.4 Å². The van der Waals surface area contributed by atoms with Crippen molar-refractivity contribution in [2.75, 3.05) is 13.2 Å². The molecule has 1 unspecified atom stereocenters. The zero-order valence-corrected chi connectivity index (χ0v) is 44.7. The highest BCUT2D eigenvalue weighted by Crippen LogP contribution is 2.16. The van der Waals surface area contributed by atoms with E-state index in [0.29, 0.717) is 19.3 Å². The van der Waals surface area contributed by atoms with E-state index in [1.807, 2.05) is 0 Å². The number of carbonyl (C=O) groups is 3. The molecule has 0 bridgehead atoms. The van der Waals surface area contributed by atoms with Crippen molar-refractivity contribution in [3.05, 3.63) is 48.6 Å². The summed E-state index contributed by atoms with van der Waals surface area (Å²) >= 11 is 0. The lowest BCUT2D eigenvalue weighted by atomic mass is 10.0. The van der Waals surface area contributed by atoms with Crippen LogP contribution in [0, 0.1) is 0 Å². The van der Waals surface area contributed by atoms with E-state index in [0.717, 1.165) is 89.9 Å². The Morgan fingerprint density at radius 2 is 0.552 bits per heavy atom. The Kier molecular flexibility index (Phi) is 53.8. The molecule has 0 fully saturated rings. The summed E-state index contributed by atoms with van der Waals surface area (Å²) in [5.74, 6) is -0.890. The fourth-order valence-electron chi connectivity index (χ4n) is 8.37. The highest BCUT2D eigenvalue weighted by atomic mass is 16.6. The van der Waals surface area contributed by atoms with E-state index in [2.05, 4.69) is 69.4 Å². The third kappa shape index (κ3) is 54.2. The van der Waals surface area contributed by atoms with Crippen molar-refractivity contribution >= 4 is 17.9 Å². The van der Waals surface area contributed by atoms with Crippen molar-refractivity contribution in [1.82, 2.24) is 0 Å². The van der Waals surface area contributed by atoms with Crippen LogP contribution in [0.5, 0.6) is 0 Å². The molecule has 0 spiro atoms. The summed E-state index contributed by atoms with van der Waals surface area (Å²) < 4.78 is 16.7. The maximum atomic E-state index is 12.7. The Bertz CT molecular complexity index is 1170. The lowest BCUT2D eigenvalue weighted by Gasteiger charge is -2.18. The molecule has 0 radical (unpaired) electrons. The van der Waals surface area contributed by atoms with E-state index >= 15 is 0 Å². The molecule has 0 aromatic heterocycles. The van der Waals surface area contributed by atoms with E-state index in [4.69, 9.17) is 14.2 Å². The van der Waals surface area contributed by atoms with Gasteiger partial charge in [-0.2, -0.15) is 0 Å². The van der Waals surface area contributed by atoms with Gasteiger partial charge in [0, 0.05) is 19.3 Å². The fourth-order valence-corrected chi connectivity index (χ4v) is 8.37. The maximum absolute atomic E-state index is 12.7. The third-order valence-corrected chi connectivity index (χ3v) is 12.8. The number of ether oxygens (including phenoxy) is 3. The summed E-state index contributed by atoms with van der Waals surface area (Å²) in [6, 6.07) is 0. The zero-order valence-electron chi connectivity index (χ0n) is 44.7. The van der Waals surface area contributed by atoms with Crippen LogP contribution in [-0.4, -0.2) is 37.2 Å². The van der Waals surface area contributed by atoms with Crippen molar-refractivity contribution in [2.24, 2.45) is 0 Å². The number of hydrogen-bond acceptors (Lipinski definition) is 6. The topological polar surface area (TPSA) is 78.9 Å². The van der Waals surface area contributed by atoms with Gasteiger partial charge >= 0.3 is 17.9 Å². The van der Waals surface area contributed by atoms with Crippen LogP contribution >= 0.6 is 0 Å². The molecule has 0 saturated heterocycles. The molecule has 0 aromatic rings. The van der Waals surface area contributed by atoms with Gasteiger partial charge < -0.3 is 14.2 Å². The van der Waals surface area contributed by atoms with Gasteiger partial charge in [0.2, 0.25) is 0 Å². The van der Waals surface area contributed by atoms with Gasteiger partial charge in [0.05, 0.1) is 0 Å². The van der Waals surface area contributed by atoms with E-state index in [9.17, 15) is 14.4 Å². The second kappa shape index (κ2) is 56.0. The Labute approximate surface area is 416 Å². The van der Waals surface area contributed by atoms with Crippen LogP contribution in [-0.2, 0) is 28.6 Å². The van der Waals surface area contributed by atoms with Gasteiger partial charge in [-0.05, 0) is 77.0 Å². The average molecular weight is 940 g/mol. The summed E-state index contributed by atoms with van der Waals surface area (Å²) in [6.07, 6.45) is 68.6. The minimum Gasteiger partial charge on any atom is -0.462 e. The molecule has 6 heteroatoms. The normalized spacial score (nSPS) is 12.3. The molecule has 0 saturated carbocycles. The Hall–Kier alpha value is -2.63. The van der Waals surface area contributed by atoms with Gasteiger partial charge in [-0.15, -0.1) is 0 Å². The average Bonchev–Trinajstić information content (AvgIpc) is 3.33. The van der Waals surface area contributed by atoms with Gasteiger partial charge in [0.15, 0.2) is 6.10 Å². The van der Waals surface area contributed by atoms with Crippen LogP contribution in [0.4, 0.5) is 0 Å². The summed E-state index contributed by atoms with van der Waals surface area (Å²) in [5.41, 5.74) is 0. The summed E-state index contributed by atoms with van der Waals surface area (Å²) in [5, 5.41) is 0. The lowest BCUT2D eigenvalue weighted by molar-refractivity contribution is -0.167. The fraction of sp³-hybridized carbons (Fsp3) is 0.820. The van der Waals surface area contributed by atoms with Gasteiger partial charge in [0.25, 0.3) is 0 Å². The highest BCUT2D eigenvalue weighted by molar-refractivity contribution is 5.71. The molecule has 0 aliphatic carbocycles. The second-order valence-electron chi connectivity index (χ2n) is 19.6. The minimum absolute atomic E-state index is 0.0762. The van der Waals surface area contributed by atoms with Crippen LogP contribution in [0.15, 0.2) is 48.6 Å². The molecule has 0 aromatic carbocycles. The molecule has 390 valence electrons. The second-order valence-corrected chi connectivity index (χ2v) is 19.6. The van der Waals surface area contributed by atoms with E-state index in [-0.39, 0.29) is 31.1 Å². The molecule has 0 aliphatic heterocycles. The van der Waals surface area contributed by atoms with Crippen molar-refractivity contribution < 1.29 is 28.6 Å². The first-order valence-corrected chi connectivity index (χ1v) is 29.1.